The molecular weight excluding hydrogens is 319 g/mol. The number of carbonyl (C=O) groups is 1. The number of benzene rings is 1. The molecule has 0 saturated carbocycles. The average Bonchev–Trinajstić information content (AvgIpc) is 3.17. The number of halogens is 1. The third kappa shape index (κ3) is 3.50. The van der Waals surface area contributed by atoms with E-state index in [4.69, 9.17) is 4.42 Å². The number of carbonyl (C=O) groups excluding carboxylic acids is 1. The van der Waals surface area contributed by atoms with E-state index in [0.717, 1.165) is 22.4 Å². The van der Waals surface area contributed by atoms with Crippen molar-refractivity contribution in [2.24, 2.45) is 0 Å². The van der Waals surface area contributed by atoms with E-state index < -0.39 is 0 Å². The maximum atomic E-state index is 13.5. The molecule has 0 unspecified atom stereocenters. The number of nitrogens with one attached hydrogen (secondary N) is 1. The lowest BCUT2D eigenvalue weighted by atomic mass is 10.1. The van der Waals surface area contributed by atoms with Crippen molar-refractivity contribution in [3.05, 3.63) is 82.3 Å². The van der Waals surface area contributed by atoms with Crippen LogP contribution in [0.1, 0.15) is 38.6 Å². The Bertz CT molecular complexity index is 895. The van der Waals surface area contributed by atoms with E-state index in [1.54, 1.807) is 18.4 Å². The summed E-state index contributed by atoms with van der Waals surface area (Å²) in [5.41, 5.74) is 4.43. The predicted octanol–water partition coefficient (Wildman–Crippen LogP) is 4.12. The van der Waals surface area contributed by atoms with E-state index in [1.807, 2.05) is 37.5 Å². The Hall–Kier alpha value is -2.82. The van der Waals surface area contributed by atoms with Gasteiger partial charge in [-0.1, -0.05) is 12.1 Å². The standard InChI is InChI=1S/C20H21FN2O2/c1-13-14(2)19(20(24)22-11-18-8-5-9-25-18)23(15(13)3)12-16-6-4-7-17(21)10-16/h4-10H,11-12H2,1-3H3,(H,22,24). The van der Waals surface area contributed by atoms with Crippen LogP contribution in [0, 0.1) is 26.6 Å². The first-order valence-electron chi connectivity index (χ1n) is 8.18. The number of hydrogen-bond acceptors (Lipinski definition) is 2. The summed E-state index contributed by atoms with van der Waals surface area (Å²) < 4.78 is 20.7. The predicted molar refractivity (Wildman–Crippen MR) is 94.0 cm³/mol. The SMILES string of the molecule is Cc1c(C)c(C(=O)NCc2ccco2)n(Cc2cccc(F)c2)c1C. The molecule has 1 N–H and O–H groups in total. The van der Waals surface area contributed by atoms with Gasteiger partial charge >= 0.3 is 0 Å². The highest BCUT2D eigenvalue weighted by atomic mass is 19.1. The third-order valence-corrected chi connectivity index (χ3v) is 4.58. The fourth-order valence-corrected chi connectivity index (χ4v) is 2.99. The summed E-state index contributed by atoms with van der Waals surface area (Å²) in [5, 5.41) is 2.89. The maximum absolute atomic E-state index is 13.5. The lowest BCUT2D eigenvalue weighted by Gasteiger charge is -2.13. The molecule has 3 aromatic rings. The van der Waals surface area contributed by atoms with E-state index in [9.17, 15) is 9.18 Å². The first-order chi connectivity index (χ1) is 12.0. The fraction of sp³-hybridized carbons (Fsp3) is 0.250. The normalized spacial score (nSPS) is 10.9. The summed E-state index contributed by atoms with van der Waals surface area (Å²) >= 11 is 0. The molecule has 0 aliphatic carbocycles. The van der Waals surface area contributed by atoms with Crippen LogP contribution in [0.25, 0.3) is 0 Å². The Kier molecular flexibility index (Phi) is 4.74. The van der Waals surface area contributed by atoms with Crippen LogP contribution in [0.5, 0.6) is 0 Å². The number of hydrogen-bond donors (Lipinski definition) is 1. The zero-order chi connectivity index (χ0) is 18.0. The summed E-state index contributed by atoms with van der Waals surface area (Å²) in [5.74, 6) is 0.253. The molecule has 1 aromatic carbocycles. The zero-order valence-electron chi connectivity index (χ0n) is 14.6. The zero-order valence-corrected chi connectivity index (χ0v) is 14.6. The molecule has 4 nitrogen and oxygen atoms in total. The van der Waals surface area contributed by atoms with E-state index in [1.165, 1.54) is 12.1 Å². The topological polar surface area (TPSA) is 47.2 Å². The van der Waals surface area contributed by atoms with Crippen molar-refractivity contribution in [2.75, 3.05) is 0 Å². The van der Waals surface area contributed by atoms with Crippen LogP contribution in [0.3, 0.4) is 0 Å². The minimum absolute atomic E-state index is 0.165. The molecule has 0 radical (unpaired) electrons. The van der Waals surface area contributed by atoms with Crippen molar-refractivity contribution in [1.82, 2.24) is 9.88 Å². The van der Waals surface area contributed by atoms with Crippen molar-refractivity contribution < 1.29 is 13.6 Å². The van der Waals surface area contributed by atoms with Gasteiger partial charge in [-0.25, -0.2) is 4.39 Å². The molecule has 130 valence electrons. The Balaban J connectivity index is 1.89. The molecule has 1 amide bonds. The second kappa shape index (κ2) is 6.97. The highest BCUT2D eigenvalue weighted by molar-refractivity contribution is 5.94. The van der Waals surface area contributed by atoms with Gasteiger partial charge < -0.3 is 14.3 Å². The molecule has 0 fully saturated rings. The molecule has 5 heteroatoms. The number of aromatic nitrogens is 1. The molecule has 0 saturated heterocycles. The number of nitrogens with zero attached hydrogens (tertiary/aromatic N) is 1. The van der Waals surface area contributed by atoms with Gasteiger partial charge in [0.15, 0.2) is 0 Å². The fourth-order valence-electron chi connectivity index (χ4n) is 2.99. The molecule has 25 heavy (non-hydrogen) atoms. The second-order valence-electron chi connectivity index (χ2n) is 6.16. The van der Waals surface area contributed by atoms with Crippen molar-refractivity contribution in [2.45, 2.75) is 33.9 Å². The van der Waals surface area contributed by atoms with Gasteiger partial charge in [-0.2, -0.15) is 0 Å². The summed E-state index contributed by atoms with van der Waals surface area (Å²) in [6.07, 6.45) is 1.58. The van der Waals surface area contributed by atoms with Gasteiger partial charge in [-0.05, 0) is 61.7 Å². The molecular formula is C20H21FN2O2. The molecule has 0 aliphatic rings. The largest absolute Gasteiger partial charge is 0.467 e. The summed E-state index contributed by atoms with van der Waals surface area (Å²) in [6, 6.07) is 10.1. The van der Waals surface area contributed by atoms with Crippen molar-refractivity contribution in [1.29, 1.82) is 0 Å². The van der Waals surface area contributed by atoms with Gasteiger partial charge in [0.2, 0.25) is 0 Å². The van der Waals surface area contributed by atoms with Gasteiger partial charge in [-0.3, -0.25) is 4.79 Å². The lowest BCUT2D eigenvalue weighted by molar-refractivity contribution is 0.0938. The van der Waals surface area contributed by atoms with Crippen molar-refractivity contribution in [3.63, 3.8) is 0 Å². The molecule has 2 heterocycles. The van der Waals surface area contributed by atoms with Crippen LogP contribution in [-0.4, -0.2) is 10.5 Å². The first kappa shape index (κ1) is 17.0. The monoisotopic (exact) mass is 340 g/mol. The quantitative estimate of drug-likeness (QED) is 0.759. The lowest BCUT2D eigenvalue weighted by Crippen LogP contribution is -2.26. The number of amides is 1. The van der Waals surface area contributed by atoms with Crippen molar-refractivity contribution >= 4 is 5.91 Å². The van der Waals surface area contributed by atoms with Gasteiger partial charge in [0.25, 0.3) is 5.91 Å². The number of rotatable bonds is 5. The van der Waals surface area contributed by atoms with E-state index in [-0.39, 0.29) is 11.7 Å². The average molecular weight is 340 g/mol. The molecule has 0 aliphatic heterocycles. The first-order valence-corrected chi connectivity index (χ1v) is 8.18. The molecule has 0 bridgehead atoms. The van der Waals surface area contributed by atoms with Crippen LogP contribution >= 0.6 is 0 Å². The Morgan fingerprint density at radius 3 is 2.64 bits per heavy atom. The third-order valence-electron chi connectivity index (χ3n) is 4.58. The maximum Gasteiger partial charge on any atom is 0.268 e. The van der Waals surface area contributed by atoms with E-state index in [2.05, 4.69) is 5.32 Å². The smallest absolute Gasteiger partial charge is 0.268 e. The van der Waals surface area contributed by atoms with Crippen LogP contribution in [-0.2, 0) is 13.1 Å². The van der Waals surface area contributed by atoms with Gasteiger partial charge in [0.1, 0.15) is 17.3 Å². The Labute approximate surface area is 146 Å². The van der Waals surface area contributed by atoms with Crippen molar-refractivity contribution in [3.8, 4) is 0 Å². The molecule has 0 atom stereocenters. The Morgan fingerprint density at radius 1 is 1.16 bits per heavy atom. The van der Waals surface area contributed by atoms with Crippen LogP contribution < -0.4 is 5.32 Å². The van der Waals surface area contributed by atoms with Gasteiger partial charge in [0.05, 0.1) is 12.8 Å². The number of furan rings is 1. The van der Waals surface area contributed by atoms with Gasteiger partial charge in [0, 0.05) is 12.2 Å². The van der Waals surface area contributed by atoms with E-state index >= 15 is 0 Å². The minimum Gasteiger partial charge on any atom is -0.467 e. The van der Waals surface area contributed by atoms with Crippen LogP contribution in [0.2, 0.25) is 0 Å². The second-order valence-corrected chi connectivity index (χ2v) is 6.16. The van der Waals surface area contributed by atoms with Crippen LogP contribution in [0.15, 0.2) is 47.1 Å². The van der Waals surface area contributed by atoms with Gasteiger partial charge in [-0.15, -0.1) is 0 Å². The summed E-state index contributed by atoms with van der Waals surface area (Å²) in [7, 11) is 0. The molecule has 2 aromatic heterocycles. The van der Waals surface area contributed by atoms with E-state index in [0.29, 0.717) is 24.5 Å². The molecule has 3 rings (SSSR count). The summed E-state index contributed by atoms with van der Waals surface area (Å²) in [4.78, 5) is 12.8. The highest BCUT2D eigenvalue weighted by Crippen LogP contribution is 2.23. The highest BCUT2D eigenvalue weighted by Gasteiger charge is 2.21. The Morgan fingerprint density at radius 2 is 1.96 bits per heavy atom. The minimum atomic E-state index is -0.278. The summed E-state index contributed by atoms with van der Waals surface area (Å²) in [6.45, 7) is 6.68. The van der Waals surface area contributed by atoms with Crippen LogP contribution in [0.4, 0.5) is 4.39 Å². The molecule has 0 spiro atoms.